The Morgan fingerprint density at radius 2 is 1.65 bits per heavy atom. The average molecular weight is 278 g/mol. The van der Waals surface area contributed by atoms with Crippen molar-refractivity contribution in [1.29, 1.82) is 0 Å². The summed E-state index contributed by atoms with van der Waals surface area (Å²) >= 11 is 0. The summed E-state index contributed by atoms with van der Waals surface area (Å²) in [5.41, 5.74) is 0. The highest BCUT2D eigenvalue weighted by Gasteiger charge is 2.41. The summed E-state index contributed by atoms with van der Waals surface area (Å²) in [5, 5.41) is 3.86. The molecular weight excluding hydrogens is 244 g/mol. The van der Waals surface area contributed by atoms with E-state index in [1.165, 1.54) is 64.2 Å². The van der Waals surface area contributed by atoms with Crippen molar-refractivity contribution in [2.24, 2.45) is 11.8 Å². The van der Waals surface area contributed by atoms with E-state index in [1.54, 1.807) is 0 Å². The molecular formula is C18H34N2. The molecule has 3 unspecified atom stereocenters. The van der Waals surface area contributed by atoms with Gasteiger partial charge in [0.25, 0.3) is 0 Å². The Morgan fingerprint density at radius 3 is 2.25 bits per heavy atom. The van der Waals surface area contributed by atoms with Crippen LogP contribution in [0, 0.1) is 11.8 Å². The zero-order chi connectivity index (χ0) is 13.9. The van der Waals surface area contributed by atoms with E-state index in [0.717, 1.165) is 36.5 Å². The standard InChI is InChI=1S/C18H34N2/c1-3-19-18(11-14-7-5-4-6-8-14)15-12-16-9-10-17(13-15)20(16)2/h14-19H,3-13H2,1-2H3. The monoisotopic (exact) mass is 278 g/mol. The first-order valence-corrected chi connectivity index (χ1v) is 9.23. The van der Waals surface area contributed by atoms with Gasteiger partial charge in [0.2, 0.25) is 0 Å². The molecule has 3 rings (SSSR count). The van der Waals surface area contributed by atoms with Gasteiger partial charge in [-0.3, -0.25) is 0 Å². The summed E-state index contributed by atoms with van der Waals surface area (Å²) in [4.78, 5) is 2.68. The lowest BCUT2D eigenvalue weighted by Gasteiger charge is -2.41. The molecule has 2 nitrogen and oxygen atoms in total. The molecule has 0 aromatic heterocycles. The molecule has 3 aliphatic rings. The fourth-order valence-electron chi connectivity index (χ4n) is 5.27. The summed E-state index contributed by atoms with van der Waals surface area (Å²) in [7, 11) is 2.36. The Kier molecular flexibility index (Phi) is 5.04. The van der Waals surface area contributed by atoms with Crippen molar-refractivity contribution in [3.05, 3.63) is 0 Å². The van der Waals surface area contributed by atoms with Crippen molar-refractivity contribution in [3.8, 4) is 0 Å². The molecule has 0 radical (unpaired) electrons. The van der Waals surface area contributed by atoms with Crippen LogP contribution in [0.25, 0.3) is 0 Å². The van der Waals surface area contributed by atoms with E-state index in [9.17, 15) is 0 Å². The molecule has 1 N–H and O–H groups in total. The first kappa shape index (κ1) is 14.8. The van der Waals surface area contributed by atoms with Crippen LogP contribution in [0.5, 0.6) is 0 Å². The van der Waals surface area contributed by atoms with Gasteiger partial charge in [-0.1, -0.05) is 39.0 Å². The third-order valence-corrected chi connectivity index (χ3v) is 6.48. The molecule has 0 spiro atoms. The molecule has 2 aliphatic heterocycles. The van der Waals surface area contributed by atoms with Crippen LogP contribution in [0.4, 0.5) is 0 Å². The molecule has 3 fully saturated rings. The van der Waals surface area contributed by atoms with Gasteiger partial charge >= 0.3 is 0 Å². The van der Waals surface area contributed by atoms with Gasteiger partial charge < -0.3 is 10.2 Å². The van der Waals surface area contributed by atoms with E-state index in [1.807, 2.05) is 0 Å². The van der Waals surface area contributed by atoms with Gasteiger partial charge in [-0.2, -0.15) is 0 Å². The fourth-order valence-corrected chi connectivity index (χ4v) is 5.27. The van der Waals surface area contributed by atoms with Crippen LogP contribution in [-0.4, -0.2) is 36.6 Å². The molecule has 2 heteroatoms. The number of fused-ring (bicyclic) bond motifs is 2. The first-order chi connectivity index (χ1) is 9.78. The quantitative estimate of drug-likeness (QED) is 0.822. The van der Waals surface area contributed by atoms with Gasteiger partial charge in [0.15, 0.2) is 0 Å². The molecule has 1 aliphatic carbocycles. The molecule has 1 saturated carbocycles. The second-order valence-corrected chi connectivity index (χ2v) is 7.69. The molecule has 0 aromatic rings. The van der Waals surface area contributed by atoms with E-state index in [2.05, 4.69) is 24.2 Å². The molecule has 0 amide bonds. The normalized spacial score (nSPS) is 37.2. The molecule has 20 heavy (non-hydrogen) atoms. The van der Waals surface area contributed by atoms with Gasteiger partial charge in [0, 0.05) is 18.1 Å². The zero-order valence-corrected chi connectivity index (χ0v) is 13.6. The van der Waals surface area contributed by atoms with E-state index < -0.39 is 0 Å². The predicted molar refractivity (Wildman–Crippen MR) is 86.0 cm³/mol. The Bertz CT molecular complexity index is 284. The molecule has 2 bridgehead atoms. The van der Waals surface area contributed by atoms with E-state index in [-0.39, 0.29) is 0 Å². The maximum Gasteiger partial charge on any atom is 0.00990 e. The smallest absolute Gasteiger partial charge is 0.00990 e. The van der Waals surface area contributed by atoms with Gasteiger partial charge in [-0.15, -0.1) is 0 Å². The molecule has 0 aromatic carbocycles. The maximum absolute atomic E-state index is 3.86. The largest absolute Gasteiger partial charge is 0.314 e. The minimum atomic E-state index is 0.805. The van der Waals surface area contributed by atoms with Crippen LogP contribution in [0.3, 0.4) is 0 Å². The number of hydrogen-bond acceptors (Lipinski definition) is 2. The number of hydrogen-bond donors (Lipinski definition) is 1. The average Bonchev–Trinajstić information content (AvgIpc) is 2.69. The van der Waals surface area contributed by atoms with Crippen molar-refractivity contribution in [3.63, 3.8) is 0 Å². The second kappa shape index (κ2) is 6.79. The van der Waals surface area contributed by atoms with Crippen LogP contribution in [0.15, 0.2) is 0 Å². The number of nitrogens with zero attached hydrogens (tertiary/aromatic N) is 1. The summed E-state index contributed by atoms with van der Waals surface area (Å²) in [5.74, 6) is 1.97. The zero-order valence-electron chi connectivity index (χ0n) is 13.6. The van der Waals surface area contributed by atoms with E-state index >= 15 is 0 Å². The van der Waals surface area contributed by atoms with E-state index in [4.69, 9.17) is 0 Å². The number of nitrogens with one attached hydrogen (secondary N) is 1. The number of rotatable bonds is 5. The number of piperidine rings is 1. The van der Waals surface area contributed by atoms with Gasteiger partial charge in [-0.05, 0) is 57.5 Å². The van der Waals surface area contributed by atoms with Crippen LogP contribution in [0.1, 0.15) is 71.1 Å². The molecule has 116 valence electrons. The topological polar surface area (TPSA) is 15.3 Å². The second-order valence-electron chi connectivity index (χ2n) is 7.69. The lowest BCUT2D eigenvalue weighted by Crippen LogP contribution is -2.47. The van der Waals surface area contributed by atoms with Crippen LogP contribution < -0.4 is 5.32 Å². The van der Waals surface area contributed by atoms with Crippen molar-refractivity contribution >= 4 is 0 Å². The van der Waals surface area contributed by atoms with Gasteiger partial charge in [0.05, 0.1) is 0 Å². The van der Waals surface area contributed by atoms with Crippen LogP contribution >= 0.6 is 0 Å². The minimum absolute atomic E-state index is 0.805. The van der Waals surface area contributed by atoms with Crippen LogP contribution in [0.2, 0.25) is 0 Å². The highest BCUT2D eigenvalue weighted by atomic mass is 15.2. The third kappa shape index (κ3) is 3.22. The highest BCUT2D eigenvalue weighted by molar-refractivity contribution is 4.97. The predicted octanol–water partition coefficient (Wildman–Crippen LogP) is 3.81. The molecule has 3 atom stereocenters. The molecule has 2 saturated heterocycles. The maximum atomic E-state index is 3.86. The summed E-state index contributed by atoms with van der Waals surface area (Å²) in [6, 6.07) is 2.59. The van der Waals surface area contributed by atoms with Gasteiger partial charge in [0.1, 0.15) is 0 Å². The van der Waals surface area contributed by atoms with Crippen molar-refractivity contribution in [1.82, 2.24) is 10.2 Å². The van der Waals surface area contributed by atoms with Gasteiger partial charge in [-0.25, -0.2) is 0 Å². The summed E-state index contributed by atoms with van der Waals surface area (Å²) in [6.07, 6.45) is 14.8. The van der Waals surface area contributed by atoms with Crippen molar-refractivity contribution in [2.75, 3.05) is 13.6 Å². The van der Waals surface area contributed by atoms with Crippen molar-refractivity contribution in [2.45, 2.75) is 89.3 Å². The van der Waals surface area contributed by atoms with Crippen molar-refractivity contribution < 1.29 is 0 Å². The highest BCUT2D eigenvalue weighted by Crippen LogP contribution is 2.40. The Hall–Kier alpha value is -0.0800. The lowest BCUT2D eigenvalue weighted by atomic mass is 9.77. The first-order valence-electron chi connectivity index (χ1n) is 9.23. The summed E-state index contributed by atoms with van der Waals surface area (Å²) in [6.45, 7) is 3.44. The fraction of sp³-hybridized carbons (Fsp3) is 1.00. The minimum Gasteiger partial charge on any atom is -0.314 e. The Balaban J connectivity index is 1.58. The van der Waals surface area contributed by atoms with Crippen LogP contribution in [-0.2, 0) is 0 Å². The SMILES string of the molecule is CCNC(CC1CCCCC1)C1CC2CCC(C1)N2C. The van der Waals surface area contributed by atoms with E-state index in [0.29, 0.717) is 0 Å². The molecule has 2 heterocycles. The summed E-state index contributed by atoms with van der Waals surface area (Å²) < 4.78 is 0. The Morgan fingerprint density at radius 1 is 1.00 bits per heavy atom. The lowest BCUT2D eigenvalue weighted by molar-refractivity contribution is 0.103. The third-order valence-electron chi connectivity index (χ3n) is 6.48. The Labute approximate surface area is 125 Å².